The average molecular weight is 230 g/mol. The van der Waals surface area contributed by atoms with Crippen molar-refractivity contribution in [3.8, 4) is 0 Å². The van der Waals surface area contributed by atoms with Crippen LogP contribution < -0.4 is 5.73 Å². The summed E-state index contributed by atoms with van der Waals surface area (Å²) in [4.78, 5) is 13.8. The molecule has 0 aliphatic carbocycles. The Balaban J connectivity index is 4.18. The molecule has 0 heterocycles. The standard InChI is InChI=1S/C12H26N2O2/c1-4-6-8-14(9-10-16-3)12(15)11(13)7-5-2/h11H,4-10,13H2,1-3H3. The van der Waals surface area contributed by atoms with Gasteiger partial charge in [-0.1, -0.05) is 26.7 Å². The van der Waals surface area contributed by atoms with Gasteiger partial charge in [-0.15, -0.1) is 0 Å². The second-order valence-electron chi connectivity index (χ2n) is 4.07. The summed E-state index contributed by atoms with van der Waals surface area (Å²) in [5, 5.41) is 0. The van der Waals surface area contributed by atoms with Crippen LogP contribution in [-0.2, 0) is 9.53 Å². The van der Waals surface area contributed by atoms with Crippen molar-refractivity contribution in [1.29, 1.82) is 0 Å². The van der Waals surface area contributed by atoms with Crippen molar-refractivity contribution in [1.82, 2.24) is 4.90 Å². The number of amides is 1. The molecule has 0 bridgehead atoms. The molecule has 0 rings (SSSR count). The molecule has 0 aromatic rings. The maximum absolute atomic E-state index is 12.0. The topological polar surface area (TPSA) is 55.6 Å². The van der Waals surface area contributed by atoms with E-state index in [1.807, 2.05) is 11.8 Å². The Morgan fingerprint density at radius 2 is 2.00 bits per heavy atom. The molecule has 0 aliphatic heterocycles. The van der Waals surface area contributed by atoms with Crippen molar-refractivity contribution < 1.29 is 9.53 Å². The summed E-state index contributed by atoms with van der Waals surface area (Å²) in [7, 11) is 1.65. The molecule has 4 heteroatoms. The van der Waals surface area contributed by atoms with Crippen LogP contribution in [-0.4, -0.2) is 43.7 Å². The Morgan fingerprint density at radius 3 is 2.50 bits per heavy atom. The van der Waals surface area contributed by atoms with Gasteiger partial charge in [0, 0.05) is 20.2 Å². The number of methoxy groups -OCH3 is 1. The van der Waals surface area contributed by atoms with E-state index in [0.29, 0.717) is 13.2 Å². The van der Waals surface area contributed by atoms with Crippen LogP contribution in [0.25, 0.3) is 0 Å². The van der Waals surface area contributed by atoms with E-state index in [1.54, 1.807) is 7.11 Å². The molecule has 0 radical (unpaired) electrons. The summed E-state index contributed by atoms with van der Waals surface area (Å²) < 4.78 is 5.01. The summed E-state index contributed by atoms with van der Waals surface area (Å²) in [5.41, 5.74) is 5.84. The van der Waals surface area contributed by atoms with Gasteiger partial charge >= 0.3 is 0 Å². The highest BCUT2D eigenvalue weighted by Gasteiger charge is 2.19. The molecule has 0 saturated carbocycles. The molecule has 1 atom stereocenters. The second kappa shape index (κ2) is 9.60. The highest BCUT2D eigenvalue weighted by atomic mass is 16.5. The Bertz CT molecular complexity index is 178. The highest BCUT2D eigenvalue weighted by Crippen LogP contribution is 2.02. The van der Waals surface area contributed by atoms with Gasteiger partial charge in [0.05, 0.1) is 12.6 Å². The predicted octanol–water partition coefficient (Wildman–Crippen LogP) is 1.39. The first-order chi connectivity index (χ1) is 7.67. The normalized spacial score (nSPS) is 12.5. The van der Waals surface area contributed by atoms with Crippen molar-refractivity contribution in [2.45, 2.75) is 45.6 Å². The van der Waals surface area contributed by atoms with Crippen molar-refractivity contribution >= 4 is 5.91 Å². The molecule has 2 N–H and O–H groups in total. The fourth-order valence-electron chi connectivity index (χ4n) is 1.55. The number of rotatable bonds is 9. The summed E-state index contributed by atoms with van der Waals surface area (Å²) in [6.07, 6.45) is 3.81. The highest BCUT2D eigenvalue weighted by molar-refractivity contribution is 5.81. The molecule has 0 saturated heterocycles. The van der Waals surface area contributed by atoms with Gasteiger partial charge < -0.3 is 15.4 Å². The van der Waals surface area contributed by atoms with Crippen LogP contribution in [0.4, 0.5) is 0 Å². The number of carbonyl (C=O) groups is 1. The lowest BCUT2D eigenvalue weighted by atomic mass is 10.1. The van der Waals surface area contributed by atoms with E-state index in [9.17, 15) is 4.79 Å². The molecule has 0 fully saturated rings. The molecule has 0 spiro atoms. The lowest BCUT2D eigenvalue weighted by molar-refractivity contribution is -0.133. The molecule has 1 amide bonds. The zero-order valence-electron chi connectivity index (χ0n) is 10.9. The Hall–Kier alpha value is -0.610. The number of hydrogen-bond donors (Lipinski definition) is 1. The summed E-state index contributed by atoms with van der Waals surface area (Å²) in [6, 6.07) is -0.348. The third-order valence-corrected chi connectivity index (χ3v) is 2.58. The second-order valence-corrected chi connectivity index (χ2v) is 4.07. The van der Waals surface area contributed by atoms with Gasteiger partial charge in [0.15, 0.2) is 0 Å². The summed E-state index contributed by atoms with van der Waals surface area (Å²) in [5.74, 6) is 0.0624. The van der Waals surface area contributed by atoms with Gasteiger partial charge in [-0.2, -0.15) is 0 Å². The monoisotopic (exact) mass is 230 g/mol. The number of carbonyl (C=O) groups excluding carboxylic acids is 1. The summed E-state index contributed by atoms with van der Waals surface area (Å²) in [6.45, 7) is 6.17. The third-order valence-electron chi connectivity index (χ3n) is 2.58. The van der Waals surface area contributed by atoms with E-state index in [4.69, 9.17) is 10.5 Å². The van der Waals surface area contributed by atoms with Crippen molar-refractivity contribution in [3.05, 3.63) is 0 Å². The predicted molar refractivity (Wildman–Crippen MR) is 66.2 cm³/mol. The van der Waals surface area contributed by atoms with Crippen LogP contribution in [0.5, 0.6) is 0 Å². The minimum atomic E-state index is -0.348. The van der Waals surface area contributed by atoms with Crippen molar-refractivity contribution in [2.75, 3.05) is 26.8 Å². The molecular formula is C12H26N2O2. The first-order valence-electron chi connectivity index (χ1n) is 6.20. The van der Waals surface area contributed by atoms with E-state index in [2.05, 4.69) is 6.92 Å². The largest absolute Gasteiger partial charge is 0.383 e. The number of nitrogens with zero attached hydrogens (tertiary/aromatic N) is 1. The molecule has 0 aromatic carbocycles. The van der Waals surface area contributed by atoms with Crippen LogP contribution in [0.2, 0.25) is 0 Å². The first kappa shape index (κ1) is 15.4. The first-order valence-corrected chi connectivity index (χ1v) is 6.20. The van der Waals surface area contributed by atoms with Crippen molar-refractivity contribution in [3.63, 3.8) is 0 Å². The van der Waals surface area contributed by atoms with E-state index in [1.165, 1.54) is 0 Å². The van der Waals surface area contributed by atoms with Gasteiger partial charge in [-0.05, 0) is 12.8 Å². The third kappa shape index (κ3) is 6.08. The van der Waals surface area contributed by atoms with E-state index < -0.39 is 0 Å². The van der Waals surface area contributed by atoms with Gasteiger partial charge in [-0.25, -0.2) is 0 Å². The SMILES string of the molecule is CCCCN(CCOC)C(=O)C(N)CCC. The van der Waals surface area contributed by atoms with Crippen LogP contribution in [0.15, 0.2) is 0 Å². The van der Waals surface area contributed by atoms with Gasteiger partial charge in [0.1, 0.15) is 0 Å². The maximum atomic E-state index is 12.0. The number of unbranched alkanes of at least 4 members (excludes halogenated alkanes) is 1. The fourth-order valence-corrected chi connectivity index (χ4v) is 1.55. The van der Waals surface area contributed by atoms with Gasteiger partial charge in [-0.3, -0.25) is 4.79 Å². The van der Waals surface area contributed by atoms with E-state index in [-0.39, 0.29) is 11.9 Å². The van der Waals surface area contributed by atoms with E-state index >= 15 is 0 Å². The zero-order valence-corrected chi connectivity index (χ0v) is 10.9. The lowest BCUT2D eigenvalue weighted by Gasteiger charge is -2.25. The van der Waals surface area contributed by atoms with Gasteiger partial charge in [0.2, 0.25) is 5.91 Å². The Labute approximate surface area is 99.1 Å². The Kier molecular flexibility index (Phi) is 9.24. The zero-order chi connectivity index (χ0) is 12.4. The van der Waals surface area contributed by atoms with Crippen LogP contribution >= 0.6 is 0 Å². The minimum Gasteiger partial charge on any atom is -0.383 e. The molecule has 4 nitrogen and oxygen atoms in total. The van der Waals surface area contributed by atoms with Crippen LogP contribution in [0.3, 0.4) is 0 Å². The van der Waals surface area contributed by atoms with Crippen molar-refractivity contribution in [2.24, 2.45) is 5.73 Å². The molecule has 0 aromatic heterocycles. The summed E-state index contributed by atoms with van der Waals surface area (Å²) >= 11 is 0. The molecule has 0 aliphatic rings. The number of nitrogens with two attached hydrogens (primary N) is 1. The lowest BCUT2D eigenvalue weighted by Crippen LogP contribution is -2.45. The maximum Gasteiger partial charge on any atom is 0.239 e. The van der Waals surface area contributed by atoms with Crippen LogP contribution in [0.1, 0.15) is 39.5 Å². The fraction of sp³-hybridized carbons (Fsp3) is 0.917. The molecule has 96 valence electrons. The smallest absolute Gasteiger partial charge is 0.239 e. The quantitative estimate of drug-likeness (QED) is 0.651. The Morgan fingerprint density at radius 1 is 1.31 bits per heavy atom. The van der Waals surface area contributed by atoms with Gasteiger partial charge in [0.25, 0.3) is 0 Å². The molecular weight excluding hydrogens is 204 g/mol. The minimum absolute atomic E-state index is 0.0624. The average Bonchev–Trinajstić information content (AvgIpc) is 2.29. The number of hydrogen-bond acceptors (Lipinski definition) is 3. The number of ether oxygens (including phenoxy) is 1. The van der Waals surface area contributed by atoms with E-state index in [0.717, 1.165) is 32.2 Å². The molecule has 1 unspecified atom stereocenters. The van der Waals surface area contributed by atoms with Crippen LogP contribution in [0, 0.1) is 0 Å². The molecule has 16 heavy (non-hydrogen) atoms.